The molecule has 0 spiro atoms. The van der Waals surface area contributed by atoms with Crippen LogP contribution in [0.3, 0.4) is 0 Å². The highest BCUT2D eigenvalue weighted by molar-refractivity contribution is 5.82. The minimum Gasteiger partial charge on any atom is -0.454 e. The summed E-state index contributed by atoms with van der Waals surface area (Å²) in [7, 11) is 0. The summed E-state index contributed by atoms with van der Waals surface area (Å²) in [5, 5.41) is 2.66. The van der Waals surface area contributed by atoms with Gasteiger partial charge in [-0.1, -0.05) is 42.5 Å². The molecule has 1 amide bonds. The normalized spacial score (nSPS) is 12.6. The zero-order valence-electron chi connectivity index (χ0n) is 15.4. The van der Waals surface area contributed by atoms with E-state index in [0.29, 0.717) is 0 Å². The molecular weight excluding hydrogens is 387 g/mol. The highest BCUT2D eigenvalue weighted by Crippen LogP contribution is 2.31. The van der Waals surface area contributed by atoms with Crippen molar-refractivity contribution in [3.05, 3.63) is 66.0 Å². The first-order valence-corrected chi connectivity index (χ1v) is 8.78. The molecular formula is C20H18F3N3O3. The Balaban J connectivity index is 1.63. The third-order valence-electron chi connectivity index (χ3n) is 4.24. The molecule has 1 heterocycles. The van der Waals surface area contributed by atoms with Gasteiger partial charge in [-0.25, -0.2) is 4.98 Å². The number of hydrogen-bond donors (Lipinski definition) is 1. The molecule has 2 aromatic carbocycles. The second-order valence-corrected chi connectivity index (χ2v) is 6.37. The summed E-state index contributed by atoms with van der Waals surface area (Å²) in [4.78, 5) is 27.6. The van der Waals surface area contributed by atoms with Crippen molar-refractivity contribution in [2.45, 2.75) is 25.7 Å². The number of carbonyl (C=O) groups excluding carboxylic acids is 2. The van der Waals surface area contributed by atoms with E-state index in [1.54, 1.807) is 19.1 Å². The Morgan fingerprint density at radius 3 is 2.45 bits per heavy atom. The zero-order valence-corrected chi connectivity index (χ0v) is 15.4. The number of esters is 1. The standard InChI is InChI=1S/C20H18F3N3O3/c1-13(14-7-3-2-4-8-14)24-17(27)12-29-18(28)11-26-16-10-6-5-9-15(16)25-19(26)20(21,22)23/h2-10,13H,11-12H2,1H3,(H,24,27). The summed E-state index contributed by atoms with van der Waals surface area (Å²) in [5.41, 5.74) is 1.13. The smallest absolute Gasteiger partial charge is 0.449 e. The van der Waals surface area contributed by atoms with Crippen molar-refractivity contribution >= 4 is 22.9 Å². The summed E-state index contributed by atoms with van der Waals surface area (Å²) < 4.78 is 45.4. The SMILES string of the molecule is CC(NC(=O)COC(=O)Cn1c(C(F)(F)F)nc2ccccc21)c1ccccc1. The lowest BCUT2D eigenvalue weighted by molar-refractivity contribution is -0.153. The van der Waals surface area contributed by atoms with Crippen LogP contribution in [0.2, 0.25) is 0 Å². The fourth-order valence-electron chi connectivity index (χ4n) is 2.88. The zero-order chi connectivity index (χ0) is 21.0. The van der Waals surface area contributed by atoms with E-state index in [4.69, 9.17) is 4.74 Å². The van der Waals surface area contributed by atoms with Gasteiger partial charge in [0.05, 0.1) is 17.1 Å². The number of nitrogens with zero attached hydrogens (tertiary/aromatic N) is 2. The molecule has 1 unspecified atom stereocenters. The van der Waals surface area contributed by atoms with E-state index >= 15 is 0 Å². The largest absolute Gasteiger partial charge is 0.454 e. The molecule has 0 saturated heterocycles. The van der Waals surface area contributed by atoms with Crippen molar-refractivity contribution in [2.75, 3.05) is 6.61 Å². The molecule has 0 saturated carbocycles. The molecule has 1 N–H and O–H groups in total. The molecule has 6 nitrogen and oxygen atoms in total. The average molecular weight is 405 g/mol. The molecule has 152 valence electrons. The van der Waals surface area contributed by atoms with Crippen LogP contribution in [0.25, 0.3) is 11.0 Å². The van der Waals surface area contributed by atoms with Crippen molar-refractivity contribution in [3.8, 4) is 0 Å². The summed E-state index contributed by atoms with van der Waals surface area (Å²) in [6, 6.07) is 14.8. The van der Waals surface area contributed by atoms with E-state index in [1.807, 2.05) is 30.3 Å². The number of ether oxygens (including phenoxy) is 1. The molecule has 0 radical (unpaired) electrons. The number of halogens is 3. The molecule has 0 aliphatic carbocycles. The van der Waals surface area contributed by atoms with Gasteiger partial charge in [0.15, 0.2) is 6.61 Å². The van der Waals surface area contributed by atoms with Gasteiger partial charge in [-0.3, -0.25) is 9.59 Å². The minimum absolute atomic E-state index is 0.113. The van der Waals surface area contributed by atoms with Gasteiger partial charge in [-0.15, -0.1) is 0 Å². The lowest BCUT2D eigenvalue weighted by Crippen LogP contribution is -2.32. The fourth-order valence-corrected chi connectivity index (χ4v) is 2.88. The Labute approximate surface area is 164 Å². The van der Waals surface area contributed by atoms with Crippen LogP contribution >= 0.6 is 0 Å². The lowest BCUT2D eigenvalue weighted by atomic mass is 10.1. The maximum atomic E-state index is 13.3. The predicted molar refractivity (Wildman–Crippen MR) is 98.7 cm³/mol. The Bertz CT molecular complexity index is 1020. The molecule has 9 heteroatoms. The molecule has 29 heavy (non-hydrogen) atoms. The summed E-state index contributed by atoms with van der Waals surface area (Å²) in [6.45, 7) is 0.461. The van der Waals surface area contributed by atoms with Crippen molar-refractivity contribution in [1.82, 2.24) is 14.9 Å². The maximum Gasteiger partial charge on any atom is 0.449 e. The minimum atomic E-state index is -4.73. The number of para-hydroxylation sites is 2. The van der Waals surface area contributed by atoms with Gasteiger partial charge >= 0.3 is 12.1 Å². The molecule has 3 rings (SSSR count). The highest BCUT2D eigenvalue weighted by atomic mass is 19.4. The van der Waals surface area contributed by atoms with Gasteiger partial charge in [0.25, 0.3) is 5.91 Å². The van der Waals surface area contributed by atoms with E-state index in [-0.39, 0.29) is 17.1 Å². The van der Waals surface area contributed by atoms with Crippen LogP contribution in [0.1, 0.15) is 24.4 Å². The first-order valence-electron chi connectivity index (χ1n) is 8.78. The third-order valence-corrected chi connectivity index (χ3v) is 4.24. The molecule has 0 bridgehead atoms. The number of amides is 1. The van der Waals surface area contributed by atoms with Crippen LogP contribution in [0.5, 0.6) is 0 Å². The second kappa shape index (κ2) is 8.34. The first kappa shape index (κ1) is 20.4. The van der Waals surface area contributed by atoms with E-state index < -0.39 is 37.0 Å². The monoisotopic (exact) mass is 405 g/mol. The summed E-state index contributed by atoms with van der Waals surface area (Å²) >= 11 is 0. The molecule has 1 atom stereocenters. The number of rotatable bonds is 6. The van der Waals surface area contributed by atoms with E-state index in [1.165, 1.54) is 12.1 Å². The maximum absolute atomic E-state index is 13.3. The average Bonchev–Trinajstić information content (AvgIpc) is 3.06. The van der Waals surface area contributed by atoms with Crippen LogP contribution in [-0.2, 0) is 27.0 Å². The second-order valence-electron chi connectivity index (χ2n) is 6.37. The molecule has 0 aliphatic rings. The number of benzene rings is 2. The Morgan fingerprint density at radius 2 is 1.76 bits per heavy atom. The molecule has 1 aromatic heterocycles. The van der Waals surface area contributed by atoms with E-state index in [9.17, 15) is 22.8 Å². The molecule has 3 aromatic rings. The molecule has 0 fully saturated rings. The lowest BCUT2D eigenvalue weighted by Gasteiger charge is -2.15. The third kappa shape index (κ3) is 4.92. The Kier molecular flexibility index (Phi) is 5.86. The topological polar surface area (TPSA) is 73.2 Å². The van der Waals surface area contributed by atoms with Gasteiger partial charge in [-0.2, -0.15) is 13.2 Å². The van der Waals surface area contributed by atoms with Crippen molar-refractivity contribution in [3.63, 3.8) is 0 Å². The van der Waals surface area contributed by atoms with Crippen LogP contribution in [-0.4, -0.2) is 28.0 Å². The Hall–Kier alpha value is -3.36. The van der Waals surface area contributed by atoms with Gasteiger partial charge in [0.1, 0.15) is 6.54 Å². The number of fused-ring (bicyclic) bond motifs is 1. The Morgan fingerprint density at radius 1 is 1.10 bits per heavy atom. The van der Waals surface area contributed by atoms with Gasteiger partial charge in [0.2, 0.25) is 5.82 Å². The first-order chi connectivity index (χ1) is 13.8. The number of alkyl halides is 3. The van der Waals surface area contributed by atoms with Crippen molar-refractivity contribution < 1.29 is 27.5 Å². The van der Waals surface area contributed by atoms with Gasteiger partial charge in [-0.05, 0) is 24.6 Å². The van der Waals surface area contributed by atoms with E-state index in [0.717, 1.165) is 10.1 Å². The molecule has 0 aliphatic heterocycles. The van der Waals surface area contributed by atoms with E-state index in [2.05, 4.69) is 10.3 Å². The number of imidazole rings is 1. The van der Waals surface area contributed by atoms with Gasteiger partial charge < -0.3 is 14.6 Å². The van der Waals surface area contributed by atoms with Crippen molar-refractivity contribution in [2.24, 2.45) is 0 Å². The van der Waals surface area contributed by atoms with Crippen molar-refractivity contribution in [1.29, 1.82) is 0 Å². The van der Waals surface area contributed by atoms with Gasteiger partial charge in [0, 0.05) is 0 Å². The van der Waals surface area contributed by atoms with Crippen LogP contribution in [0.4, 0.5) is 13.2 Å². The quantitative estimate of drug-likeness (QED) is 0.638. The number of hydrogen-bond acceptors (Lipinski definition) is 4. The number of aromatic nitrogens is 2. The highest BCUT2D eigenvalue weighted by Gasteiger charge is 2.38. The van der Waals surface area contributed by atoms with Crippen LogP contribution in [0, 0.1) is 0 Å². The number of nitrogens with one attached hydrogen (secondary N) is 1. The fraction of sp³-hybridized carbons (Fsp3) is 0.250. The van der Waals surface area contributed by atoms with Crippen LogP contribution < -0.4 is 5.32 Å². The van der Waals surface area contributed by atoms with Crippen LogP contribution in [0.15, 0.2) is 54.6 Å². The summed E-state index contributed by atoms with van der Waals surface area (Å²) in [6.07, 6.45) is -4.73. The summed E-state index contributed by atoms with van der Waals surface area (Å²) in [5.74, 6) is -2.72. The predicted octanol–water partition coefficient (Wildman–Crippen LogP) is 3.48. The number of carbonyl (C=O) groups is 2.